The Kier molecular flexibility index (Phi) is 7.23. The first-order chi connectivity index (χ1) is 14.0. The van der Waals surface area contributed by atoms with Crippen molar-refractivity contribution in [1.82, 2.24) is 0 Å². The lowest BCUT2D eigenvalue weighted by Crippen LogP contribution is -2.17. The summed E-state index contributed by atoms with van der Waals surface area (Å²) in [6, 6.07) is 10.2. The fourth-order valence-electron chi connectivity index (χ4n) is 3.24. The topological polar surface area (TPSA) is 77.4 Å². The Morgan fingerprint density at radius 2 is 1.83 bits per heavy atom. The van der Waals surface area contributed by atoms with Gasteiger partial charge >= 0.3 is 5.97 Å². The van der Waals surface area contributed by atoms with Crippen molar-refractivity contribution in [3.05, 3.63) is 57.6 Å². The number of nitrogens with zero attached hydrogens (tertiary/aromatic N) is 1. The lowest BCUT2D eigenvalue weighted by molar-refractivity contribution is -0.129. The van der Waals surface area contributed by atoms with E-state index in [2.05, 4.69) is 9.99 Å². The fourth-order valence-corrected chi connectivity index (χ4v) is 3.79. The zero-order valence-electron chi connectivity index (χ0n) is 15.9. The summed E-state index contributed by atoms with van der Waals surface area (Å²) in [6.07, 6.45) is 4.42. The van der Waals surface area contributed by atoms with Gasteiger partial charge in [0.15, 0.2) is 11.5 Å². The van der Waals surface area contributed by atoms with Crippen LogP contribution in [0, 0.1) is 0 Å². The molecule has 1 aliphatic rings. The van der Waals surface area contributed by atoms with Gasteiger partial charge in [-0.2, -0.15) is 0 Å². The van der Waals surface area contributed by atoms with Crippen molar-refractivity contribution in [3.8, 4) is 11.5 Å². The first-order valence-electron chi connectivity index (χ1n) is 9.20. The van der Waals surface area contributed by atoms with Crippen molar-refractivity contribution < 1.29 is 24.2 Å². The van der Waals surface area contributed by atoms with Gasteiger partial charge in [-0.1, -0.05) is 52.6 Å². The predicted octanol–water partition coefficient (Wildman–Crippen LogP) is 5.33. The molecule has 1 N–H and O–H groups in total. The van der Waals surface area contributed by atoms with E-state index >= 15 is 0 Å². The van der Waals surface area contributed by atoms with Crippen LogP contribution in [0.15, 0.2) is 41.6 Å². The fraction of sp³-hybridized carbons (Fsp3) is 0.333. The highest BCUT2D eigenvalue weighted by Crippen LogP contribution is 2.39. The minimum Gasteiger partial charge on any atom is -0.489 e. The summed E-state index contributed by atoms with van der Waals surface area (Å²) >= 11 is 12.7. The first-order valence-corrected chi connectivity index (χ1v) is 9.96. The first kappa shape index (κ1) is 21.3. The number of ether oxygens (including phenoxy) is 2. The van der Waals surface area contributed by atoms with Gasteiger partial charge in [0.25, 0.3) is 0 Å². The van der Waals surface area contributed by atoms with Crippen LogP contribution in [0.5, 0.6) is 11.5 Å². The van der Waals surface area contributed by atoms with E-state index in [1.807, 2.05) is 0 Å². The van der Waals surface area contributed by atoms with Gasteiger partial charge in [-0.3, -0.25) is 0 Å². The molecular weight excluding hydrogens is 417 g/mol. The molecule has 2 aromatic carbocycles. The number of carboxylic acids is 1. The maximum absolute atomic E-state index is 11.5. The third-order valence-electron chi connectivity index (χ3n) is 4.61. The number of halogens is 2. The predicted molar refractivity (Wildman–Crippen MR) is 111 cm³/mol. The molecular formula is C21H21Cl2NO5. The van der Waals surface area contributed by atoms with Crippen molar-refractivity contribution in [3.63, 3.8) is 0 Å². The molecule has 0 atom stereocenters. The van der Waals surface area contributed by atoms with Gasteiger partial charge in [0.1, 0.15) is 19.5 Å². The van der Waals surface area contributed by atoms with Crippen molar-refractivity contribution >= 4 is 34.9 Å². The Morgan fingerprint density at radius 1 is 1.17 bits per heavy atom. The Hall–Kier alpha value is -2.44. The lowest BCUT2D eigenvalue weighted by Gasteiger charge is -2.17. The molecule has 0 aliphatic heterocycles. The Labute approximate surface area is 179 Å². The van der Waals surface area contributed by atoms with Crippen molar-refractivity contribution in [1.29, 1.82) is 0 Å². The van der Waals surface area contributed by atoms with Gasteiger partial charge in [-0.15, -0.1) is 0 Å². The van der Waals surface area contributed by atoms with E-state index in [4.69, 9.17) is 32.7 Å². The normalized spacial score (nSPS) is 14.7. The monoisotopic (exact) mass is 437 g/mol. The average Bonchev–Trinajstić information content (AvgIpc) is 3.21. The summed E-state index contributed by atoms with van der Waals surface area (Å²) in [4.78, 5) is 16.1. The number of aliphatic carboxylic acids is 1. The molecule has 0 saturated heterocycles. The third-order valence-corrected chi connectivity index (χ3v) is 5.17. The molecule has 29 heavy (non-hydrogen) atoms. The van der Waals surface area contributed by atoms with Crippen molar-refractivity contribution in [2.45, 2.75) is 38.4 Å². The van der Waals surface area contributed by atoms with Gasteiger partial charge in [-0.05, 0) is 31.2 Å². The molecule has 0 aromatic heterocycles. The highest BCUT2D eigenvalue weighted by atomic mass is 35.5. The SMILES string of the molecule is CON=C(C(=O)O)c1ccccc1COc1cc(Cl)c(OC2CCCC2)c(Cl)c1. The quantitative estimate of drug-likeness (QED) is 0.445. The highest BCUT2D eigenvalue weighted by Gasteiger charge is 2.21. The molecule has 1 fully saturated rings. The zero-order chi connectivity index (χ0) is 20.8. The average molecular weight is 438 g/mol. The summed E-state index contributed by atoms with van der Waals surface area (Å²) in [5.74, 6) is -0.277. The minimum absolute atomic E-state index is 0.0989. The summed E-state index contributed by atoms with van der Waals surface area (Å²) in [5, 5.41) is 13.7. The molecule has 2 aromatic rings. The minimum atomic E-state index is -1.20. The number of benzene rings is 2. The lowest BCUT2D eigenvalue weighted by atomic mass is 10.0. The molecule has 0 radical (unpaired) electrons. The number of carboxylic acid groups (broad SMARTS) is 1. The van der Waals surface area contributed by atoms with Crippen LogP contribution in [-0.2, 0) is 16.2 Å². The van der Waals surface area contributed by atoms with E-state index in [0.717, 1.165) is 25.7 Å². The van der Waals surface area contributed by atoms with Gasteiger partial charge in [-0.25, -0.2) is 4.79 Å². The molecule has 1 saturated carbocycles. The summed E-state index contributed by atoms with van der Waals surface area (Å²) < 4.78 is 11.8. The molecule has 6 nitrogen and oxygen atoms in total. The van der Waals surface area contributed by atoms with E-state index in [0.29, 0.717) is 32.7 Å². The van der Waals surface area contributed by atoms with Crippen LogP contribution in [0.25, 0.3) is 0 Å². The highest BCUT2D eigenvalue weighted by molar-refractivity contribution is 6.42. The standard InChI is InChI=1S/C21H21Cl2NO5/c1-27-24-19(21(25)26)16-9-5-2-6-13(16)12-28-15-10-17(22)20(18(23)11-15)29-14-7-3-4-8-14/h2,5-6,9-11,14H,3-4,7-8,12H2,1H3,(H,25,26). The van der Waals surface area contributed by atoms with Crippen LogP contribution < -0.4 is 9.47 Å². The molecule has 0 amide bonds. The van der Waals surface area contributed by atoms with E-state index in [9.17, 15) is 9.90 Å². The number of rotatable bonds is 8. The molecule has 8 heteroatoms. The van der Waals surface area contributed by atoms with Gasteiger partial charge in [0.2, 0.25) is 0 Å². The Bertz CT molecular complexity index is 887. The van der Waals surface area contributed by atoms with E-state index in [1.54, 1.807) is 36.4 Å². The van der Waals surface area contributed by atoms with Crippen LogP contribution in [0.1, 0.15) is 36.8 Å². The zero-order valence-corrected chi connectivity index (χ0v) is 17.4. The molecule has 0 heterocycles. The maximum Gasteiger partial charge on any atom is 0.358 e. The second-order valence-corrected chi connectivity index (χ2v) is 7.43. The van der Waals surface area contributed by atoms with Crippen LogP contribution in [0.4, 0.5) is 0 Å². The van der Waals surface area contributed by atoms with Crippen molar-refractivity contribution in [2.24, 2.45) is 5.16 Å². The van der Waals surface area contributed by atoms with Crippen molar-refractivity contribution in [2.75, 3.05) is 7.11 Å². The number of hydrogen-bond acceptors (Lipinski definition) is 5. The Balaban J connectivity index is 1.77. The Morgan fingerprint density at radius 3 is 2.45 bits per heavy atom. The van der Waals surface area contributed by atoms with Crippen LogP contribution in [-0.4, -0.2) is 30.0 Å². The second kappa shape index (κ2) is 9.85. The van der Waals surface area contributed by atoms with Crippen LogP contribution >= 0.6 is 23.2 Å². The smallest absolute Gasteiger partial charge is 0.358 e. The largest absolute Gasteiger partial charge is 0.489 e. The van der Waals surface area contributed by atoms with E-state index < -0.39 is 5.97 Å². The molecule has 0 unspecified atom stereocenters. The van der Waals surface area contributed by atoms with Crippen LogP contribution in [0.3, 0.4) is 0 Å². The number of carbonyl (C=O) groups is 1. The van der Waals surface area contributed by atoms with E-state index in [1.165, 1.54) is 7.11 Å². The van der Waals surface area contributed by atoms with Crippen LogP contribution in [0.2, 0.25) is 10.0 Å². The van der Waals surface area contributed by atoms with Gasteiger partial charge < -0.3 is 19.4 Å². The molecule has 1 aliphatic carbocycles. The second-order valence-electron chi connectivity index (χ2n) is 6.61. The molecule has 154 valence electrons. The summed E-state index contributed by atoms with van der Waals surface area (Å²) in [5.41, 5.74) is 0.826. The molecule has 3 rings (SSSR count). The van der Waals surface area contributed by atoms with E-state index in [-0.39, 0.29) is 18.4 Å². The van der Waals surface area contributed by atoms with Gasteiger partial charge in [0, 0.05) is 17.7 Å². The third kappa shape index (κ3) is 5.34. The number of hydrogen-bond donors (Lipinski definition) is 1. The molecule has 0 spiro atoms. The molecule has 0 bridgehead atoms. The summed E-state index contributed by atoms with van der Waals surface area (Å²) in [7, 11) is 1.29. The maximum atomic E-state index is 11.5. The van der Waals surface area contributed by atoms with Gasteiger partial charge in [0.05, 0.1) is 16.1 Å². The summed E-state index contributed by atoms with van der Waals surface area (Å²) in [6.45, 7) is 0.0989. The number of oxime groups is 1.